The molecule has 28 heavy (non-hydrogen) atoms. The molecule has 0 unspecified atom stereocenters. The van der Waals surface area contributed by atoms with Gasteiger partial charge in [-0.3, -0.25) is 4.79 Å². The first kappa shape index (κ1) is 19.9. The Kier molecular flexibility index (Phi) is 5.68. The Labute approximate surface area is 160 Å². The summed E-state index contributed by atoms with van der Waals surface area (Å²) in [6, 6.07) is 4.91. The van der Waals surface area contributed by atoms with Crippen LogP contribution in [-0.4, -0.2) is 60.4 Å². The summed E-state index contributed by atoms with van der Waals surface area (Å²) in [6.07, 6.45) is -3.29. The molecule has 3 rings (SSSR count). The van der Waals surface area contributed by atoms with Gasteiger partial charge in [-0.05, 0) is 38.2 Å². The van der Waals surface area contributed by atoms with E-state index >= 15 is 0 Å². The van der Waals surface area contributed by atoms with Gasteiger partial charge in [0.2, 0.25) is 5.95 Å². The lowest BCUT2D eigenvalue weighted by Crippen LogP contribution is -2.45. The molecule has 1 saturated heterocycles. The number of alkyl halides is 3. The molecule has 1 aliphatic rings. The summed E-state index contributed by atoms with van der Waals surface area (Å²) in [5, 5.41) is 2.62. The minimum absolute atomic E-state index is 0.300. The second kappa shape index (κ2) is 8.01. The number of anilines is 2. The zero-order valence-corrected chi connectivity index (χ0v) is 15.5. The second-order valence-corrected chi connectivity index (χ2v) is 6.49. The van der Waals surface area contributed by atoms with Gasteiger partial charge in [0.05, 0.1) is 11.3 Å². The van der Waals surface area contributed by atoms with Gasteiger partial charge >= 0.3 is 6.36 Å². The van der Waals surface area contributed by atoms with E-state index in [9.17, 15) is 18.0 Å². The molecule has 0 radical (unpaired) electrons. The highest BCUT2D eigenvalue weighted by atomic mass is 19.4. The molecule has 150 valence electrons. The van der Waals surface area contributed by atoms with Crippen molar-refractivity contribution >= 4 is 17.5 Å². The Morgan fingerprint density at radius 3 is 2.36 bits per heavy atom. The van der Waals surface area contributed by atoms with E-state index in [4.69, 9.17) is 0 Å². The number of halogens is 3. The highest BCUT2D eigenvalue weighted by molar-refractivity contribution is 6.04. The molecule has 10 heteroatoms. The number of nitrogens with one attached hydrogen (secondary N) is 1. The van der Waals surface area contributed by atoms with E-state index in [-0.39, 0.29) is 5.75 Å². The van der Waals surface area contributed by atoms with Gasteiger partial charge in [0, 0.05) is 38.1 Å². The van der Waals surface area contributed by atoms with E-state index in [0.717, 1.165) is 38.3 Å². The van der Waals surface area contributed by atoms with Crippen molar-refractivity contribution in [1.29, 1.82) is 0 Å². The fraction of sp³-hybridized carbons (Fsp3) is 0.389. The maximum absolute atomic E-state index is 12.5. The van der Waals surface area contributed by atoms with Crippen molar-refractivity contribution in [1.82, 2.24) is 14.9 Å². The van der Waals surface area contributed by atoms with Crippen LogP contribution in [0.5, 0.6) is 5.75 Å². The van der Waals surface area contributed by atoms with Gasteiger partial charge in [0.25, 0.3) is 5.91 Å². The number of amides is 1. The number of rotatable bonds is 4. The molecule has 1 amide bonds. The van der Waals surface area contributed by atoms with Crippen LogP contribution in [-0.2, 0) is 0 Å². The van der Waals surface area contributed by atoms with Crippen LogP contribution in [0.1, 0.15) is 16.1 Å². The number of nitrogens with zero attached hydrogens (tertiary/aromatic N) is 4. The van der Waals surface area contributed by atoms with Crippen LogP contribution in [0, 0.1) is 6.92 Å². The third-order valence-electron chi connectivity index (χ3n) is 4.34. The molecular weight excluding hydrogens is 375 g/mol. The maximum Gasteiger partial charge on any atom is 0.573 e. The Morgan fingerprint density at radius 1 is 1.14 bits per heavy atom. The summed E-state index contributed by atoms with van der Waals surface area (Å²) in [5.41, 5.74) is 1.16. The molecule has 1 fully saturated rings. The highest BCUT2D eigenvalue weighted by Crippen LogP contribution is 2.24. The molecule has 0 aliphatic carbocycles. The van der Waals surface area contributed by atoms with Crippen LogP contribution in [0.25, 0.3) is 0 Å². The summed E-state index contributed by atoms with van der Waals surface area (Å²) in [7, 11) is 2.05. The van der Waals surface area contributed by atoms with Crippen molar-refractivity contribution in [3.8, 4) is 5.75 Å². The number of carbonyl (C=O) groups excluding carboxylic acids is 1. The van der Waals surface area contributed by atoms with Crippen LogP contribution < -0.4 is 15.0 Å². The van der Waals surface area contributed by atoms with Gasteiger partial charge in [0.1, 0.15) is 5.75 Å². The lowest BCUT2D eigenvalue weighted by molar-refractivity contribution is -0.274. The number of hydrogen-bond donors (Lipinski definition) is 1. The van der Waals surface area contributed by atoms with Gasteiger partial charge in [-0.2, -0.15) is 0 Å². The van der Waals surface area contributed by atoms with Crippen LogP contribution in [0.4, 0.5) is 24.8 Å². The van der Waals surface area contributed by atoms with Crippen molar-refractivity contribution < 1.29 is 22.7 Å². The van der Waals surface area contributed by atoms with Gasteiger partial charge in [-0.15, -0.1) is 13.2 Å². The van der Waals surface area contributed by atoms with E-state index in [0.29, 0.717) is 22.9 Å². The molecule has 2 aromatic rings. The van der Waals surface area contributed by atoms with Crippen molar-refractivity contribution in [2.75, 3.05) is 43.4 Å². The summed E-state index contributed by atoms with van der Waals surface area (Å²) in [6.45, 7) is 5.18. The molecule has 1 aromatic heterocycles. The molecule has 0 saturated carbocycles. The maximum atomic E-state index is 12.5. The third kappa shape index (κ3) is 5.10. The molecule has 7 nitrogen and oxygen atoms in total. The van der Waals surface area contributed by atoms with Crippen molar-refractivity contribution in [2.24, 2.45) is 0 Å². The monoisotopic (exact) mass is 395 g/mol. The van der Waals surface area contributed by atoms with Gasteiger partial charge in [-0.1, -0.05) is 0 Å². The van der Waals surface area contributed by atoms with Crippen LogP contribution >= 0.6 is 0 Å². The quantitative estimate of drug-likeness (QED) is 0.859. The van der Waals surface area contributed by atoms with Crippen LogP contribution in [0.15, 0.2) is 30.5 Å². The van der Waals surface area contributed by atoms with Crippen molar-refractivity contribution in [3.63, 3.8) is 0 Å². The Hall–Kier alpha value is -2.88. The third-order valence-corrected chi connectivity index (χ3v) is 4.34. The van der Waals surface area contributed by atoms with Crippen molar-refractivity contribution in [2.45, 2.75) is 13.3 Å². The first-order valence-corrected chi connectivity index (χ1v) is 8.65. The van der Waals surface area contributed by atoms with Gasteiger partial charge in [-0.25, -0.2) is 9.97 Å². The Bertz CT molecular complexity index is 834. The number of aryl methyl sites for hydroxylation is 1. The molecule has 2 heterocycles. The van der Waals surface area contributed by atoms with E-state index < -0.39 is 12.3 Å². The van der Waals surface area contributed by atoms with Crippen LogP contribution in [0.3, 0.4) is 0 Å². The summed E-state index contributed by atoms with van der Waals surface area (Å²) < 4.78 is 40.4. The standard InChI is InChI=1S/C18H20F3N5O2/c1-12-15(11-22-17(23-12)26-9-7-25(2)8-10-26)16(27)24-13-3-5-14(6-4-13)28-18(19,20)21/h3-6,11H,7-10H2,1-2H3,(H,24,27). The minimum atomic E-state index is -4.76. The molecule has 1 aromatic carbocycles. The van der Waals surface area contributed by atoms with Crippen LogP contribution in [0.2, 0.25) is 0 Å². The number of carbonyl (C=O) groups is 1. The molecular formula is C18H20F3N5O2. The summed E-state index contributed by atoms with van der Waals surface area (Å²) in [5.74, 6) is -0.218. The number of aromatic nitrogens is 2. The smallest absolute Gasteiger partial charge is 0.406 e. The topological polar surface area (TPSA) is 70.6 Å². The average molecular weight is 395 g/mol. The van der Waals surface area contributed by atoms with E-state index in [2.05, 4.69) is 36.9 Å². The Morgan fingerprint density at radius 2 is 1.79 bits per heavy atom. The zero-order valence-electron chi connectivity index (χ0n) is 15.5. The van der Waals surface area contributed by atoms with E-state index in [1.807, 2.05) is 0 Å². The summed E-state index contributed by atoms with van der Waals surface area (Å²) in [4.78, 5) is 25.5. The number of piperazine rings is 1. The lowest BCUT2D eigenvalue weighted by atomic mass is 10.2. The summed E-state index contributed by atoms with van der Waals surface area (Å²) >= 11 is 0. The zero-order chi connectivity index (χ0) is 20.3. The normalized spacial score (nSPS) is 15.4. The van der Waals surface area contributed by atoms with Gasteiger partial charge < -0.3 is 19.9 Å². The molecule has 1 aliphatic heterocycles. The molecule has 0 atom stereocenters. The fourth-order valence-electron chi connectivity index (χ4n) is 2.77. The average Bonchev–Trinajstić information content (AvgIpc) is 2.62. The van der Waals surface area contributed by atoms with E-state index in [1.54, 1.807) is 6.92 Å². The first-order chi connectivity index (χ1) is 13.2. The van der Waals surface area contributed by atoms with Crippen molar-refractivity contribution in [3.05, 3.63) is 41.7 Å². The number of likely N-dealkylation sites (N-methyl/N-ethyl adjacent to an activating group) is 1. The minimum Gasteiger partial charge on any atom is -0.406 e. The predicted molar refractivity (Wildman–Crippen MR) is 97.6 cm³/mol. The molecule has 1 N–H and O–H groups in total. The second-order valence-electron chi connectivity index (χ2n) is 6.49. The predicted octanol–water partition coefficient (Wildman–Crippen LogP) is 2.69. The molecule has 0 spiro atoms. The highest BCUT2D eigenvalue weighted by Gasteiger charge is 2.31. The van der Waals surface area contributed by atoms with E-state index in [1.165, 1.54) is 18.3 Å². The Balaban J connectivity index is 1.65. The lowest BCUT2D eigenvalue weighted by Gasteiger charge is -2.32. The number of ether oxygens (including phenoxy) is 1. The van der Waals surface area contributed by atoms with Gasteiger partial charge in [0.15, 0.2) is 0 Å². The number of hydrogen-bond acceptors (Lipinski definition) is 6. The SMILES string of the molecule is Cc1nc(N2CCN(C)CC2)ncc1C(=O)Nc1ccc(OC(F)(F)F)cc1. The number of benzene rings is 1. The molecule has 0 bridgehead atoms. The fourth-order valence-corrected chi connectivity index (χ4v) is 2.77. The largest absolute Gasteiger partial charge is 0.573 e. The first-order valence-electron chi connectivity index (χ1n) is 8.65.